The molecular formula is C14H21FN2. The van der Waals surface area contributed by atoms with Gasteiger partial charge in [0.05, 0.1) is 0 Å². The van der Waals surface area contributed by atoms with Crippen LogP contribution in [0.2, 0.25) is 0 Å². The second kappa shape index (κ2) is 5.15. The van der Waals surface area contributed by atoms with E-state index in [0.29, 0.717) is 11.8 Å². The minimum atomic E-state index is -0.175. The van der Waals surface area contributed by atoms with E-state index in [9.17, 15) is 4.39 Å². The van der Waals surface area contributed by atoms with E-state index < -0.39 is 0 Å². The number of aryl methyl sites for hydroxylation is 1. The first-order valence-corrected chi connectivity index (χ1v) is 6.35. The van der Waals surface area contributed by atoms with Gasteiger partial charge < -0.3 is 0 Å². The molecule has 3 heteroatoms. The Morgan fingerprint density at radius 2 is 2.12 bits per heavy atom. The number of hydrogen-bond acceptors (Lipinski definition) is 2. The monoisotopic (exact) mass is 236 g/mol. The average molecular weight is 236 g/mol. The third kappa shape index (κ3) is 2.67. The second-order valence-corrected chi connectivity index (χ2v) is 5.28. The Morgan fingerprint density at radius 3 is 2.65 bits per heavy atom. The van der Waals surface area contributed by atoms with Gasteiger partial charge in [-0.1, -0.05) is 25.8 Å². The van der Waals surface area contributed by atoms with Gasteiger partial charge >= 0.3 is 0 Å². The van der Waals surface area contributed by atoms with Gasteiger partial charge in [0.25, 0.3) is 0 Å². The Balaban J connectivity index is 2.28. The Hall–Kier alpha value is -0.930. The summed E-state index contributed by atoms with van der Waals surface area (Å²) >= 11 is 0. The fourth-order valence-corrected chi connectivity index (χ4v) is 3.08. The molecule has 1 aromatic rings. The highest BCUT2D eigenvalue weighted by atomic mass is 19.1. The van der Waals surface area contributed by atoms with E-state index in [2.05, 4.69) is 12.3 Å². The van der Waals surface area contributed by atoms with Crippen LogP contribution in [-0.2, 0) is 0 Å². The summed E-state index contributed by atoms with van der Waals surface area (Å²) in [7, 11) is 0. The molecule has 0 radical (unpaired) electrons. The molecule has 3 N–H and O–H groups in total. The first-order chi connectivity index (χ1) is 8.11. The Kier molecular flexibility index (Phi) is 3.79. The van der Waals surface area contributed by atoms with E-state index in [1.54, 1.807) is 12.1 Å². The minimum absolute atomic E-state index is 0.0712. The van der Waals surface area contributed by atoms with E-state index in [1.807, 2.05) is 13.0 Å². The van der Waals surface area contributed by atoms with Gasteiger partial charge in [0.15, 0.2) is 0 Å². The van der Waals surface area contributed by atoms with Crippen molar-refractivity contribution in [1.29, 1.82) is 0 Å². The molecule has 0 saturated heterocycles. The third-order valence-corrected chi connectivity index (χ3v) is 3.96. The van der Waals surface area contributed by atoms with Crippen LogP contribution in [0.25, 0.3) is 0 Å². The summed E-state index contributed by atoms with van der Waals surface area (Å²) in [6.45, 7) is 4.17. The summed E-state index contributed by atoms with van der Waals surface area (Å²) in [6.07, 6.45) is 3.67. The zero-order valence-electron chi connectivity index (χ0n) is 10.5. The molecule has 1 aromatic carbocycles. The molecule has 1 fully saturated rings. The van der Waals surface area contributed by atoms with E-state index in [0.717, 1.165) is 11.1 Å². The average Bonchev–Trinajstić information content (AvgIpc) is 2.65. The summed E-state index contributed by atoms with van der Waals surface area (Å²) < 4.78 is 13.4. The van der Waals surface area contributed by atoms with Crippen molar-refractivity contribution >= 4 is 0 Å². The van der Waals surface area contributed by atoms with Gasteiger partial charge in [0.1, 0.15) is 5.82 Å². The number of hydrazine groups is 1. The molecule has 0 aliphatic heterocycles. The van der Waals surface area contributed by atoms with Gasteiger partial charge in [0, 0.05) is 6.04 Å². The van der Waals surface area contributed by atoms with E-state index in [4.69, 9.17) is 5.84 Å². The summed E-state index contributed by atoms with van der Waals surface area (Å²) in [5, 5.41) is 0. The third-order valence-electron chi connectivity index (χ3n) is 3.96. The SMILES string of the molecule is Cc1cc(F)cc(C(NN)C2CCCC2C)c1. The predicted molar refractivity (Wildman–Crippen MR) is 67.7 cm³/mol. The Labute approximate surface area is 102 Å². The van der Waals surface area contributed by atoms with Crippen LogP contribution >= 0.6 is 0 Å². The van der Waals surface area contributed by atoms with Crippen LogP contribution in [0.4, 0.5) is 4.39 Å². The molecule has 17 heavy (non-hydrogen) atoms. The highest BCUT2D eigenvalue weighted by Gasteiger charge is 2.31. The maximum atomic E-state index is 13.4. The molecule has 0 aromatic heterocycles. The van der Waals surface area contributed by atoms with Crippen LogP contribution in [0.15, 0.2) is 18.2 Å². The number of nitrogens with one attached hydrogen (secondary N) is 1. The van der Waals surface area contributed by atoms with Gasteiger partial charge in [-0.05, 0) is 48.4 Å². The predicted octanol–water partition coefficient (Wildman–Crippen LogP) is 3.07. The lowest BCUT2D eigenvalue weighted by Gasteiger charge is -2.27. The molecule has 1 aliphatic rings. The van der Waals surface area contributed by atoms with Crippen LogP contribution in [0.1, 0.15) is 43.4 Å². The summed E-state index contributed by atoms with van der Waals surface area (Å²) in [5.74, 6) is 6.67. The smallest absolute Gasteiger partial charge is 0.123 e. The first kappa shape index (κ1) is 12.5. The molecule has 3 unspecified atom stereocenters. The number of halogens is 1. The normalized spacial score (nSPS) is 26.1. The number of hydrogen-bond donors (Lipinski definition) is 2. The number of nitrogens with two attached hydrogens (primary N) is 1. The molecule has 2 nitrogen and oxygen atoms in total. The zero-order valence-corrected chi connectivity index (χ0v) is 10.5. The van der Waals surface area contributed by atoms with Crippen molar-refractivity contribution in [3.8, 4) is 0 Å². The van der Waals surface area contributed by atoms with Crippen molar-refractivity contribution in [3.05, 3.63) is 35.1 Å². The van der Waals surface area contributed by atoms with Crippen molar-refractivity contribution in [2.45, 2.75) is 39.2 Å². The zero-order chi connectivity index (χ0) is 12.4. The van der Waals surface area contributed by atoms with Crippen LogP contribution in [0.5, 0.6) is 0 Å². The van der Waals surface area contributed by atoms with Crippen LogP contribution in [0, 0.1) is 24.6 Å². The topological polar surface area (TPSA) is 38.0 Å². The molecular weight excluding hydrogens is 215 g/mol. The maximum absolute atomic E-state index is 13.4. The molecule has 0 heterocycles. The van der Waals surface area contributed by atoms with Crippen molar-refractivity contribution < 1.29 is 4.39 Å². The quantitative estimate of drug-likeness (QED) is 0.625. The molecule has 3 atom stereocenters. The maximum Gasteiger partial charge on any atom is 0.123 e. The Morgan fingerprint density at radius 1 is 1.35 bits per heavy atom. The lowest BCUT2D eigenvalue weighted by atomic mass is 9.86. The van der Waals surface area contributed by atoms with Crippen molar-refractivity contribution in [3.63, 3.8) is 0 Å². The Bertz CT molecular complexity index is 372. The minimum Gasteiger partial charge on any atom is -0.271 e. The van der Waals surface area contributed by atoms with Crippen LogP contribution in [-0.4, -0.2) is 0 Å². The molecule has 2 rings (SSSR count). The van der Waals surface area contributed by atoms with Gasteiger partial charge in [-0.2, -0.15) is 0 Å². The fourth-order valence-electron chi connectivity index (χ4n) is 3.08. The van der Waals surface area contributed by atoms with Crippen molar-refractivity contribution in [2.75, 3.05) is 0 Å². The van der Waals surface area contributed by atoms with Crippen molar-refractivity contribution in [2.24, 2.45) is 17.7 Å². The summed E-state index contributed by atoms with van der Waals surface area (Å²) in [6, 6.07) is 5.25. The highest BCUT2D eigenvalue weighted by Crippen LogP contribution is 2.39. The second-order valence-electron chi connectivity index (χ2n) is 5.28. The van der Waals surface area contributed by atoms with Gasteiger partial charge in [-0.3, -0.25) is 11.3 Å². The van der Waals surface area contributed by atoms with Gasteiger partial charge in [0.2, 0.25) is 0 Å². The lowest BCUT2D eigenvalue weighted by Crippen LogP contribution is -2.34. The molecule has 1 aliphatic carbocycles. The highest BCUT2D eigenvalue weighted by molar-refractivity contribution is 5.27. The van der Waals surface area contributed by atoms with Gasteiger partial charge in [-0.15, -0.1) is 0 Å². The van der Waals surface area contributed by atoms with E-state index in [1.165, 1.54) is 19.3 Å². The largest absolute Gasteiger partial charge is 0.271 e. The van der Waals surface area contributed by atoms with E-state index in [-0.39, 0.29) is 11.9 Å². The lowest BCUT2D eigenvalue weighted by molar-refractivity contribution is 0.304. The number of benzene rings is 1. The van der Waals surface area contributed by atoms with E-state index >= 15 is 0 Å². The van der Waals surface area contributed by atoms with Gasteiger partial charge in [-0.25, -0.2) is 4.39 Å². The molecule has 0 amide bonds. The molecule has 94 valence electrons. The fraction of sp³-hybridized carbons (Fsp3) is 0.571. The molecule has 1 saturated carbocycles. The first-order valence-electron chi connectivity index (χ1n) is 6.35. The summed E-state index contributed by atoms with van der Waals surface area (Å²) in [4.78, 5) is 0. The standard InChI is InChI=1S/C14H21FN2/c1-9-6-11(8-12(15)7-9)14(17-16)13-5-3-4-10(13)2/h6-8,10,13-14,17H,3-5,16H2,1-2H3. The molecule has 0 spiro atoms. The van der Waals surface area contributed by atoms with Crippen molar-refractivity contribution in [1.82, 2.24) is 5.43 Å². The number of rotatable bonds is 3. The molecule has 0 bridgehead atoms. The summed E-state index contributed by atoms with van der Waals surface area (Å²) in [5.41, 5.74) is 4.80. The van der Waals surface area contributed by atoms with Crippen LogP contribution in [0.3, 0.4) is 0 Å². The van der Waals surface area contributed by atoms with Crippen LogP contribution < -0.4 is 11.3 Å².